The molecular formula is C18H13BCl2N2O3. The van der Waals surface area contributed by atoms with E-state index in [1.165, 1.54) is 6.07 Å². The minimum absolute atomic E-state index is 0.0320. The predicted molar refractivity (Wildman–Crippen MR) is 104 cm³/mol. The zero-order chi connectivity index (χ0) is 18.7. The number of hydrogen-bond acceptors (Lipinski definition) is 5. The molecule has 0 aliphatic heterocycles. The first-order valence-corrected chi connectivity index (χ1v) is 8.36. The number of anilines is 1. The summed E-state index contributed by atoms with van der Waals surface area (Å²) in [6.45, 7) is -0.639. The van der Waals surface area contributed by atoms with Crippen LogP contribution in [0, 0.1) is 0 Å². The van der Waals surface area contributed by atoms with Gasteiger partial charge in [-0.2, -0.15) is 0 Å². The highest BCUT2D eigenvalue weighted by atomic mass is 35.5. The van der Waals surface area contributed by atoms with E-state index in [9.17, 15) is 9.90 Å². The van der Waals surface area contributed by atoms with E-state index in [1.54, 1.807) is 36.4 Å². The molecule has 8 heteroatoms. The minimum Gasteiger partial charge on any atom is -0.549 e. The Bertz CT molecular complexity index is 923. The van der Waals surface area contributed by atoms with Crippen molar-refractivity contribution in [3.63, 3.8) is 0 Å². The molecule has 0 aliphatic carbocycles. The Morgan fingerprint density at radius 1 is 1.04 bits per heavy atom. The van der Waals surface area contributed by atoms with Gasteiger partial charge in [0.15, 0.2) is 17.7 Å². The molecule has 3 N–H and O–H groups in total. The number of nitrogens with two attached hydrogens (primary N) is 1. The number of pyridine rings is 1. The van der Waals surface area contributed by atoms with Crippen molar-refractivity contribution in [2.75, 3.05) is 5.73 Å². The summed E-state index contributed by atoms with van der Waals surface area (Å²) in [7, 11) is 0. The van der Waals surface area contributed by atoms with Gasteiger partial charge in [-0.25, -0.2) is 4.98 Å². The number of carbonyl (C=O) groups is 1. The summed E-state index contributed by atoms with van der Waals surface area (Å²) in [5, 5.41) is 11.3. The summed E-state index contributed by atoms with van der Waals surface area (Å²) in [5.74, 6) is -0.302. The van der Waals surface area contributed by atoms with Gasteiger partial charge in [0.2, 0.25) is 0 Å². The van der Waals surface area contributed by atoms with Gasteiger partial charge in [0, 0.05) is 16.1 Å². The maximum absolute atomic E-state index is 11.1. The van der Waals surface area contributed by atoms with Crippen LogP contribution in [-0.2, 0) is 0 Å². The van der Waals surface area contributed by atoms with E-state index < -0.39 is 6.92 Å². The van der Waals surface area contributed by atoms with Crippen LogP contribution in [0.3, 0.4) is 0 Å². The number of nitrogens with zero attached hydrogens (tertiary/aromatic N) is 1. The monoisotopic (exact) mass is 386 g/mol. The van der Waals surface area contributed by atoms with Crippen LogP contribution in [0.4, 0.5) is 5.82 Å². The van der Waals surface area contributed by atoms with Gasteiger partial charge in [0.1, 0.15) is 11.6 Å². The van der Waals surface area contributed by atoms with Crippen LogP contribution in [0.1, 0.15) is 10.5 Å². The number of halogens is 2. The van der Waals surface area contributed by atoms with Crippen LogP contribution in [0.25, 0.3) is 0 Å². The highest BCUT2D eigenvalue weighted by molar-refractivity contribution is 6.80. The number of rotatable bonds is 5. The van der Waals surface area contributed by atoms with Crippen molar-refractivity contribution in [1.82, 2.24) is 4.98 Å². The second-order valence-corrected chi connectivity index (χ2v) is 6.38. The number of carbonyl (C=O) groups excluding carboxylic acids is 1. The number of nitrogen functional groups attached to an aromatic ring is 1. The molecule has 130 valence electrons. The second-order valence-electron chi connectivity index (χ2n) is 5.50. The topological polar surface area (TPSA) is 85.4 Å². The van der Waals surface area contributed by atoms with Gasteiger partial charge < -0.3 is 15.5 Å². The van der Waals surface area contributed by atoms with E-state index in [1.807, 2.05) is 12.1 Å². The molecule has 0 amide bonds. The molecule has 0 fully saturated rings. The third kappa shape index (κ3) is 3.93. The van der Waals surface area contributed by atoms with Gasteiger partial charge in [0.25, 0.3) is 0 Å². The molecular weight excluding hydrogens is 374 g/mol. The Balaban J connectivity index is 2.10. The fourth-order valence-electron chi connectivity index (χ4n) is 2.52. The van der Waals surface area contributed by atoms with Gasteiger partial charge in [-0.3, -0.25) is 4.79 Å². The molecule has 0 unspecified atom stereocenters. The predicted octanol–water partition coefficient (Wildman–Crippen LogP) is 2.67. The lowest BCUT2D eigenvalue weighted by atomic mass is 9.55. The zero-order valence-electron chi connectivity index (χ0n) is 13.4. The summed E-state index contributed by atoms with van der Waals surface area (Å²) in [6.07, 6.45) is 0.409. The van der Waals surface area contributed by atoms with Crippen molar-refractivity contribution in [2.24, 2.45) is 0 Å². The van der Waals surface area contributed by atoms with E-state index in [2.05, 4.69) is 4.98 Å². The van der Waals surface area contributed by atoms with Crippen LogP contribution < -0.4 is 21.3 Å². The molecule has 0 saturated carbocycles. The summed E-state index contributed by atoms with van der Waals surface area (Å²) in [5.41, 5.74) is 6.98. The standard InChI is InChI=1S/C18H13BCl2N2O3/c20-13-5-1-3-11(7-13)19(12-4-2-6-14(21)8-12)26-16-9-17(22)23-15(10-24)18(16)25/h1-10,25H,(H2,22,23). The summed E-state index contributed by atoms with van der Waals surface area (Å²) in [4.78, 5) is 14.8. The zero-order valence-corrected chi connectivity index (χ0v) is 14.9. The lowest BCUT2D eigenvalue weighted by Crippen LogP contribution is -2.47. The van der Waals surface area contributed by atoms with Gasteiger partial charge in [-0.1, -0.05) is 47.5 Å². The molecule has 26 heavy (non-hydrogen) atoms. The van der Waals surface area contributed by atoms with Crippen molar-refractivity contribution in [3.8, 4) is 11.5 Å². The Morgan fingerprint density at radius 3 is 2.12 bits per heavy atom. The van der Waals surface area contributed by atoms with Gasteiger partial charge >= 0.3 is 6.92 Å². The molecule has 0 bridgehead atoms. The third-order valence-electron chi connectivity index (χ3n) is 3.66. The number of aldehydes is 1. The molecule has 0 aliphatic rings. The highest BCUT2D eigenvalue weighted by Gasteiger charge is 2.26. The van der Waals surface area contributed by atoms with E-state index in [4.69, 9.17) is 33.6 Å². The van der Waals surface area contributed by atoms with E-state index in [-0.39, 0.29) is 23.0 Å². The van der Waals surface area contributed by atoms with Crippen molar-refractivity contribution in [1.29, 1.82) is 0 Å². The molecule has 1 aromatic heterocycles. The fourth-order valence-corrected chi connectivity index (χ4v) is 2.92. The second kappa shape index (κ2) is 7.68. The van der Waals surface area contributed by atoms with Crippen LogP contribution in [0.5, 0.6) is 11.5 Å². The summed E-state index contributed by atoms with van der Waals surface area (Å²) in [6, 6.07) is 15.6. The van der Waals surface area contributed by atoms with Gasteiger partial charge in [0.05, 0.1) is 0 Å². The smallest absolute Gasteiger partial charge is 0.426 e. The Kier molecular flexibility index (Phi) is 5.35. The van der Waals surface area contributed by atoms with Crippen LogP contribution in [0.2, 0.25) is 10.0 Å². The Morgan fingerprint density at radius 2 is 1.62 bits per heavy atom. The molecule has 2 aromatic carbocycles. The van der Waals surface area contributed by atoms with Crippen LogP contribution >= 0.6 is 23.2 Å². The average Bonchev–Trinajstić information content (AvgIpc) is 2.62. The number of aromatic hydroxyl groups is 1. The first-order valence-electron chi connectivity index (χ1n) is 7.60. The van der Waals surface area contributed by atoms with Crippen LogP contribution in [-0.4, -0.2) is 23.3 Å². The first-order chi connectivity index (χ1) is 12.5. The average molecular weight is 387 g/mol. The Hall–Kier alpha value is -2.70. The number of hydrogen-bond donors (Lipinski definition) is 2. The lowest BCUT2D eigenvalue weighted by molar-refractivity contribution is 0.111. The molecule has 1 heterocycles. The van der Waals surface area contributed by atoms with Gasteiger partial charge in [-0.15, -0.1) is 0 Å². The van der Waals surface area contributed by atoms with E-state index in [0.29, 0.717) is 16.3 Å². The fraction of sp³-hybridized carbons (Fsp3) is 0. The molecule has 3 rings (SSSR count). The maximum Gasteiger partial charge on any atom is 0.426 e. The van der Waals surface area contributed by atoms with E-state index >= 15 is 0 Å². The normalized spacial score (nSPS) is 10.4. The van der Waals surface area contributed by atoms with Crippen molar-refractivity contribution >= 4 is 53.1 Å². The SMILES string of the molecule is Nc1cc(OB(c2cccc(Cl)c2)c2cccc(Cl)c2)c(O)c(C=O)n1. The van der Waals surface area contributed by atoms with E-state index in [0.717, 1.165) is 10.9 Å². The maximum atomic E-state index is 11.1. The largest absolute Gasteiger partial charge is 0.549 e. The Labute approximate surface area is 160 Å². The van der Waals surface area contributed by atoms with Crippen molar-refractivity contribution in [3.05, 3.63) is 70.3 Å². The number of benzene rings is 2. The molecule has 0 radical (unpaired) electrons. The molecule has 5 nitrogen and oxygen atoms in total. The number of aromatic nitrogens is 1. The first kappa shape index (κ1) is 18.1. The van der Waals surface area contributed by atoms with Crippen LogP contribution in [0.15, 0.2) is 54.6 Å². The van der Waals surface area contributed by atoms with Crippen molar-refractivity contribution in [2.45, 2.75) is 0 Å². The quantitative estimate of drug-likeness (QED) is 0.520. The van der Waals surface area contributed by atoms with Crippen molar-refractivity contribution < 1.29 is 14.6 Å². The molecule has 0 saturated heterocycles. The molecule has 3 aromatic rings. The summed E-state index contributed by atoms with van der Waals surface area (Å²) < 4.78 is 6.00. The minimum atomic E-state index is -0.639. The molecule has 0 atom stereocenters. The highest BCUT2D eigenvalue weighted by Crippen LogP contribution is 2.30. The third-order valence-corrected chi connectivity index (χ3v) is 4.13. The summed E-state index contributed by atoms with van der Waals surface area (Å²) >= 11 is 12.2. The lowest BCUT2D eigenvalue weighted by Gasteiger charge is -2.18. The van der Waals surface area contributed by atoms with Gasteiger partial charge in [-0.05, 0) is 35.2 Å². The molecule has 0 spiro atoms.